The van der Waals surface area contributed by atoms with Gasteiger partial charge in [-0.3, -0.25) is 4.79 Å². The molecule has 0 aliphatic carbocycles. The summed E-state index contributed by atoms with van der Waals surface area (Å²) in [7, 11) is 0. The van der Waals surface area contributed by atoms with Crippen LogP contribution < -0.4 is 5.32 Å². The van der Waals surface area contributed by atoms with Gasteiger partial charge in [0.25, 0.3) is 5.91 Å². The maximum absolute atomic E-state index is 13.8. The minimum absolute atomic E-state index is 0.0339. The fourth-order valence-electron chi connectivity index (χ4n) is 1.45. The number of halogens is 4. The Morgan fingerprint density at radius 2 is 1.89 bits per heavy atom. The summed E-state index contributed by atoms with van der Waals surface area (Å²) in [6.45, 7) is 0. The number of amides is 1. The zero-order valence-electron chi connectivity index (χ0n) is 9.38. The van der Waals surface area contributed by atoms with Gasteiger partial charge < -0.3 is 5.32 Å². The number of hydrogen-bond acceptors (Lipinski definition) is 1. The van der Waals surface area contributed by atoms with Crippen molar-refractivity contribution in [3.8, 4) is 0 Å². The Morgan fingerprint density at radius 3 is 2.58 bits per heavy atom. The first kappa shape index (κ1) is 14.5. The lowest BCUT2D eigenvalue weighted by atomic mass is 10.2. The Morgan fingerprint density at radius 1 is 1.16 bits per heavy atom. The van der Waals surface area contributed by atoms with E-state index in [4.69, 9.17) is 11.6 Å². The third kappa shape index (κ3) is 3.35. The number of rotatable bonds is 2. The molecule has 0 fully saturated rings. The molecule has 0 saturated heterocycles. The topological polar surface area (TPSA) is 29.1 Å². The molecule has 0 heterocycles. The maximum atomic E-state index is 13.8. The normalized spacial score (nSPS) is 10.3. The monoisotopic (exact) mass is 405 g/mol. The first-order valence-corrected chi connectivity index (χ1v) is 7.16. The SMILES string of the molecule is O=C(Nc1ccc(Br)c(Cl)c1)c1cccc(Br)c1F. The van der Waals surface area contributed by atoms with Crippen LogP contribution in [0.3, 0.4) is 0 Å². The summed E-state index contributed by atoms with van der Waals surface area (Å²) in [5, 5.41) is 3.05. The quantitative estimate of drug-likeness (QED) is 0.723. The van der Waals surface area contributed by atoms with Crippen LogP contribution in [0.4, 0.5) is 10.1 Å². The van der Waals surface area contributed by atoms with Crippen LogP contribution in [0.1, 0.15) is 10.4 Å². The molecule has 0 saturated carbocycles. The zero-order chi connectivity index (χ0) is 14.0. The molecule has 0 spiro atoms. The van der Waals surface area contributed by atoms with Gasteiger partial charge in [-0.05, 0) is 62.2 Å². The van der Waals surface area contributed by atoms with Gasteiger partial charge in [-0.15, -0.1) is 0 Å². The second-order valence-corrected chi connectivity index (χ2v) is 5.80. The molecular weight excluding hydrogens is 400 g/mol. The van der Waals surface area contributed by atoms with Crippen molar-refractivity contribution >= 4 is 55.1 Å². The van der Waals surface area contributed by atoms with Crippen molar-refractivity contribution in [2.24, 2.45) is 0 Å². The molecule has 2 rings (SSSR count). The summed E-state index contributed by atoms with van der Waals surface area (Å²) in [5.41, 5.74) is 0.464. The second kappa shape index (κ2) is 6.03. The highest BCUT2D eigenvalue weighted by Gasteiger charge is 2.14. The molecule has 1 amide bonds. The van der Waals surface area contributed by atoms with Crippen LogP contribution >= 0.6 is 43.5 Å². The summed E-state index contributed by atoms with van der Waals surface area (Å²) in [6.07, 6.45) is 0. The summed E-state index contributed by atoms with van der Waals surface area (Å²) in [6, 6.07) is 9.49. The average Bonchev–Trinajstić information content (AvgIpc) is 2.37. The molecule has 6 heteroatoms. The van der Waals surface area contributed by atoms with E-state index in [1.807, 2.05) is 0 Å². The Labute approximate surface area is 131 Å². The van der Waals surface area contributed by atoms with Gasteiger partial charge in [0, 0.05) is 10.2 Å². The van der Waals surface area contributed by atoms with E-state index in [1.165, 1.54) is 12.1 Å². The molecule has 2 nitrogen and oxygen atoms in total. The van der Waals surface area contributed by atoms with E-state index >= 15 is 0 Å². The average molecular weight is 407 g/mol. The van der Waals surface area contributed by atoms with Crippen LogP contribution in [0, 0.1) is 5.82 Å². The lowest BCUT2D eigenvalue weighted by Crippen LogP contribution is -2.13. The van der Waals surface area contributed by atoms with Crippen molar-refractivity contribution in [1.82, 2.24) is 0 Å². The van der Waals surface area contributed by atoms with Gasteiger partial charge in [-0.1, -0.05) is 17.7 Å². The molecule has 19 heavy (non-hydrogen) atoms. The number of benzene rings is 2. The Bertz CT molecular complexity index is 649. The predicted molar refractivity (Wildman–Crippen MR) is 81.2 cm³/mol. The third-order valence-electron chi connectivity index (χ3n) is 2.37. The first-order valence-electron chi connectivity index (χ1n) is 5.19. The molecule has 0 unspecified atom stereocenters. The second-order valence-electron chi connectivity index (χ2n) is 3.68. The van der Waals surface area contributed by atoms with Gasteiger partial charge in [0.15, 0.2) is 0 Å². The fourth-order valence-corrected chi connectivity index (χ4v) is 2.24. The lowest BCUT2D eigenvalue weighted by molar-refractivity contribution is 0.102. The lowest BCUT2D eigenvalue weighted by Gasteiger charge is -2.07. The number of carbonyl (C=O) groups is 1. The van der Waals surface area contributed by atoms with Crippen molar-refractivity contribution in [1.29, 1.82) is 0 Å². The molecule has 0 aromatic heterocycles. The van der Waals surface area contributed by atoms with E-state index in [2.05, 4.69) is 37.2 Å². The summed E-state index contributed by atoms with van der Waals surface area (Å²) in [4.78, 5) is 12.0. The highest BCUT2D eigenvalue weighted by atomic mass is 79.9. The van der Waals surface area contributed by atoms with Crippen molar-refractivity contribution in [2.75, 3.05) is 5.32 Å². The highest BCUT2D eigenvalue weighted by Crippen LogP contribution is 2.26. The Hall–Kier alpha value is -0.910. The van der Waals surface area contributed by atoms with Crippen LogP contribution in [-0.2, 0) is 0 Å². The molecular formula is C13H7Br2ClFNO. The van der Waals surface area contributed by atoms with Crippen molar-refractivity contribution in [3.63, 3.8) is 0 Å². The van der Waals surface area contributed by atoms with Crippen LogP contribution in [0.25, 0.3) is 0 Å². The highest BCUT2D eigenvalue weighted by molar-refractivity contribution is 9.10. The number of hydrogen-bond donors (Lipinski definition) is 1. The summed E-state index contributed by atoms with van der Waals surface area (Å²) >= 11 is 12.2. The van der Waals surface area contributed by atoms with Gasteiger partial charge in [0.05, 0.1) is 15.1 Å². The molecule has 2 aromatic carbocycles. The zero-order valence-corrected chi connectivity index (χ0v) is 13.3. The number of anilines is 1. The number of carbonyl (C=O) groups excluding carboxylic acids is 1. The van der Waals surface area contributed by atoms with Gasteiger partial charge in [-0.2, -0.15) is 0 Å². The molecule has 2 aromatic rings. The summed E-state index contributed by atoms with van der Waals surface area (Å²) < 4.78 is 14.7. The smallest absolute Gasteiger partial charge is 0.258 e. The predicted octanol–water partition coefficient (Wildman–Crippen LogP) is 5.26. The fraction of sp³-hybridized carbons (Fsp3) is 0. The standard InChI is InChI=1S/C13H7Br2ClFNO/c14-9-5-4-7(6-11(9)16)18-13(19)8-2-1-3-10(15)12(8)17/h1-6H,(H,18,19). The van der Waals surface area contributed by atoms with Crippen molar-refractivity contribution in [2.45, 2.75) is 0 Å². The van der Waals surface area contributed by atoms with E-state index in [1.54, 1.807) is 24.3 Å². The molecule has 0 radical (unpaired) electrons. The molecule has 1 N–H and O–H groups in total. The Balaban J connectivity index is 2.26. The van der Waals surface area contributed by atoms with Gasteiger partial charge in [0.2, 0.25) is 0 Å². The van der Waals surface area contributed by atoms with Crippen LogP contribution in [0.15, 0.2) is 45.3 Å². The van der Waals surface area contributed by atoms with E-state index in [-0.39, 0.29) is 10.0 Å². The van der Waals surface area contributed by atoms with E-state index < -0.39 is 11.7 Å². The molecule has 0 atom stereocenters. The van der Waals surface area contributed by atoms with E-state index in [0.29, 0.717) is 10.7 Å². The van der Waals surface area contributed by atoms with Crippen molar-refractivity contribution in [3.05, 3.63) is 61.7 Å². The first-order chi connectivity index (χ1) is 8.99. The van der Waals surface area contributed by atoms with Gasteiger partial charge in [-0.25, -0.2) is 4.39 Å². The molecule has 0 aliphatic rings. The van der Waals surface area contributed by atoms with Crippen LogP contribution in [-0.4, -0.2) is 5.91 Å². The third-order valence-corrected chi connectivity index (χ3v) is 4.22. The van der Waals surface area contributed by atoms with Crippen molar-refractivity contribution < 1.29 is 9.18 Å². The van der Waals surface area contributed by atoms with Crippen LogP contribution in [0.5, 0.6) is 0 Å². The largest absolute Gasteiger partial charge is 0.322 e. The Kier molecular flexibility index (Phi) is 4.60. The minimum atomic E-state index is -0.594. The molecule has 98 valence electrons. The van der Waals surface area contributed by atoms with Crippen LogP contribution in [0.2, 0.25) is 5.02 Å². The number of nitrogens with one attached hydrogen (secondary N) is 1. The molecule has 0 bridgehead atoms. The maximum Gasteiger partial charge on any atom is 0.258 e. The van der Waals surface area contributed by atoms with E-state index in [0.717, 1.165) is 4.47 Å². The minimum Gasteiger partial charge on any atom is -0.322 e. The summed E-state index contributed by atoms with van der Waals surface area (Å²) in [5.74, 6) is -1.12. The van der Waals surface area contributed by atoms with E-state index in [9.17, 15) is 9.18 Å². The van der Waals surface area contributed by atoms with Gasteiger partial charge in [0.1, 0.15) is 5.82 Å². The molecule has 0 aliphatic heterocycles. The van der Waals surface area contributed by atoms with Gasteiger partial charge >= 0.3 is 0 Å².